The number of benzene rings is 1. The topological polar surface area (TPSA) is 81.2 Å². The zero-order valence-corrected chi connectivity index (χ0v) is 10.9. The lowest BCUT2D eigenvalue weighted by Gasteiger charge is -2.00. The van der Waals surface area contributed by atoms with Gasteiger partial charge in [-0.05, 0) is 19.1 Å². The summed E-state index contributed by atoms with van der Waals surface area (Å²) in [6, 6.07) is 7.55. The van der Waals surface area contributed by atoms with E-state index >= 15 is 0 Å². The number of carbonyl (C=O) groups is 1. The van der Waals surface area contributed by atoms with Crippen LogP contribution in [0, 0.1) is 6.92 Å². The standard InChI is InChI=1S/C14H13N3O3/c1-9-13(16-8-19-9)14(18)15-7-6-12-17-10-4-2-3-5-11(10)20-12/h2-5,8H,6-7H2,1H3,(H,15,18). The SMILES string of the molecule is Cc1ocnc1C(=O)NCCc1nc2ccccc2o1. The normalized spacial score (nSPS) is 10.8. The van der Waals surface area contributed by atoms with Gasteiger partial charge >= 0.3 is 0 Å². The number of nitrogens with one attached hydrogen (secondary N) is 1. The number of nitrogens with zero attached hydrogens (tertiary/aromatic N) is 2. The number of rotatable bonds is 4. The molecule has 20 heavy (non-hydrogen) atoms. The lowest BCUT2D eigenvalue weighted by molar-refractivity contribution is 0.0948. The Morgan fingerprint density at radius 3 is 2.95 bits per heavy atom. The fraction of sp³-hybridized carbons (Fsp3) is 0.214. The van der Waals surface area contributed by atoms with Crippen molar-refractivity contribution in [2.45, 2.75) is 13.3 Å². The van der Waals surface area contributed by atoms with E-state index in [2.05, 4.69) is 15.3 Å². The van der Waals surface area contributed by atoms with E-state index in [4.69, 9.17) is 8.83 Å². The largest absolute Gasteiger partial charge is 0.448 e. The zero-order chi connectivity index (χ0) is 13.9. The smallest absolute Gasteiger partial charge is 0.273 e. The van der Waals surface area contributed by atoms with Gasteiger partial charge in [0.05, 0.1) is 0 Å². The fourth-order valence-electron chi connectivity index (χ4n) is 1.92. The van der Waals surface area contributed by atoms with Gasteiger partial charge in [-0.2, -0.15) is 0 Å². The molecule has 0 saturated heterocycles. The molecule has 6 nitrogen and oxygen atoms in total. The van der Waals surface area contributed by atoms with Crippen molar-refractivity contribution in [1.29, 1.82) is 0 Å². The Kier molecular flexibility index (Phi) is 3.20. The molecule has 0 atom stereocenters. The quantitative estimate of drug-likeness (QED) is 0.785. The van der Waals surface area contributed by atoms with Gasteiger partial charge in [-0.3, -0.25) is 4.79 Å². The number of carbonyl (C=O) groups excluding carboxylic acids is 1. The van der Waals surface area contributed by atoms with Crippen LogP contribution < -0.4 is 5.32 Å². The van der Waals surface area contributed by atoms with Crippen LogP contribution in [0.4, 0.5) is 0 Å². The Labute approximate surface area is 114 Å². The zero-order valence-electron chi connectivity index (χ0n) is 10.9. The van der Waals surface area contributed by atoms with Crippen molar-refractivity contribution in [2.75, 3.05) is 6.54 Å². The van der Waals surface area contributed by atoms with Crippen LogP contribution in [0.5, 0.6) is 0 Å². The molecular formula is C14H13N3O3. The van der Waals surface area contributed by atoms with E-state index in [-0.39, 0.29) is 5.91 Å². The Morgan fingerprint density at radius 1 is 1.35 bits per heavy atom. The number of oxazole rings is 2. The second-order valence-electron chi connectivity index (χ2n) is 4.34. The Balaban J connectivity index is 1.60. The number of para-hydroxylation sites is 2. The van der Waals surface area contributed by atoms with E-state index in [1.807, 2.05) is 24.3 Å². The number of amides is 1. The molecular weight excluding hydrogens is 258 g/mol. The summed E-state index contributed by atoms with van der Waals surface area (Å²) in [6.45, 7) is 2.13. The summed E-state index contributed by atoms with van der Waals surface area (Å²) in [6.07, 6.45) is 1.78. The van der Waals surface area contributed by atoms with Crippen molar-refractivity contribution in [1.82, 2.24) is 15.3 Å². The molecule has 0 spiro atoms. The van der Waals surface area contributed by atoms with Crippen molar-refractivity contribution in [3.05, 3.63) is 48.0 Å². The first kappa shape index (κ1) is 12.4. The molecule has 0 saturated carbocycles. The Hall–Kier alpha value is -2.63. The Morgan fingerprint density at radius 2 is 2.20 bits per heavy atom. The van der Waals surface area contributed by atoms with Gasteiger partial charge in [-0.15, -0.1) is 0 Å². The first-order valence-corrected chi connectivity index (χ1v) is 6.27. The van der Waals surface area contributed by atoms with Crippen molar-refractivity contribution in [3.63, 3.8) is 0 Å². The average molecular weight is 271 g/mol. The van der Waals surface area contributed by atoms with E-state index < -0.39 is 0 Å². The van der Waals surface area contributed by atoms with Crippen LogP contribution in [0.15, 0.2) is 39.5 Å². The number of aromatic nitrogens is 2. The summed E-state index contributed by atoms with van der Waals surface area (Å²) in [7, 11) is 0. The number of fused-ring (bicyclic) bond motifs is 1. The predicted molar refractivity (Wildman–Crippen MR) is 71.3 cm³/mol. The molecule has 2 aromatic heterocycles. The second kappa shape index (κ2) is 5.16. The third-order valence-corrected chi connectivity index (χ3v) is 2.92. The summed E-state index contributed by atoms with van der Waals surface area (Å²) in [5.41, 5.74) is 1.88. The highest BCUT2D eigenvalue weighted by Gasteiger charge is 2.13. The maximum Gasteiger partial charge on any atom is 0.273 e. The molecule has 1 amide bonds. The van der Waals surface area contributed by atoms with Crippen LogP contribution in [-0.4, -0.2) is 22.4 Å². The second-order valence-corrected chi connectivity index (χ2v) is 4.34. The first-order valence-electron chi connectivity index (χ1n) is 6.27. The molecule has 0 radical (unpaired) electrons. The van der Waals surface area contributed by atoms with Gasteiger partial charge in [0.1, 0.15) is 11.3 Å². The summed E-state index contributed by atoms with van der Waals surface area (Å²) in [4.78, 5) is 20.0. The Bertz CT molecular complexity index is 712. The molecule has 0 bridgehead atoms. The summed E-state index contributed by atoms with van der Waals surface area (Å²) in [5, 5.41) is 2.76. The molecule has 0 fully saturated rings. The molecule has 6 heteroatoms. The van der Waals surface area contributed by atoms with Gasteiger partial charge in [-0.1, -0.05) is 12.1 Å². The minimum Gasteiger partial charge on any atom is -0.448 e. The molecule has 0 aliphatic rings. The van der Waals surface area contributed by atoms with E-state index in [1.54, 1.807) is 6.92 Å². The van der Waals surface area contributed by atoms with Crippen LogP contribution in [-0.2, 0) is 6.42 Å². The van der Waals surface area contributed by atoms with Crippen molar-refractivity contribution >= 4 is 17.0 Å². The lowest BCUT2D eigenvalue weighted by atomic mass is 10.3. The lowest BCUT2D eigenvalue weighted by Crippen LogP contribution is -2.26. The highest BCUT2D eigenvalue weighted by molar-refractivity contribution is 5.93. The third-order valence-electron chi connectivity index (χ3n) is 2.92. The molecule has 2 heterocycles. The van der Waals surface area contributed by atoms with E-state index in [1.165, 1.54) is 6.39 Å². The van der Waals surface area contributed by atoms with Crippen LogP contribution in [0.1, 0.15) is 22.1 Å². The maximum absolute atomic E-state index is 11.8. The monoisotopic (exact) mass is 271 g/mol. The van der Waals surface area contributed by atoms with Gasteiger partial charge < -0.3 is 14.2 Å². The molecule has 0 unspecified atom stereocenters. The molecule has 3 aromatic rings. The van der Waals surface area contributed by atoms with Crippen molar-refractivity contribution in [3.8, 4) is 0 Å². The highest BCUT2D eigenvalue weighted by atomic mass is 16.3. The first-order chi connectivity index (χ1) is 9.74. The van der Waals surface area contributed by atoms with E-state index in [9.17, 15) is 4.79 Å². The number of hydrogen-bond acceptors (Lipinski definition) is 5. The number of hydrogen-bond donors (Lipinski definition) is 1. The van der Waals surface area contributed by atoms with Gasteiger partial charge in [0.2, 0.25) is 0 Å². The van der Waals surface area contributed by atoms with Crippen LogP contribution in [0.3, 0.4) is 0 Å². The maximum atomic E-state index is 11.8. The van der Waals surface area contributed by atoms with Crippen molar-refractivity contribution in [2.24, 2.45) is 0 Å². The fourth-order valence-corrected chi connectivity index (χ4v) is 1.92. The minimum atomic E-state index is -0.257. The third kappa shape index (κ3) is 2.40. The molecule has 102 valence electrons. The molecule has 0 aliphatic heterocycles. The van der Waals surface area contributed by atoms with E-state index in [0.717, 1.165) is 11.1 Å². The van der Waals surface area contributed by atoms with E-state index in [0.29, 0.717) is 30.3 Å². The minimum absolute atomic E-state index is 0.257. The number of aryl methyl sites for hydroxylation is 1. The molecule has 0 aliphatic carbocycles. The molecule has 3 rings (SSSR count). The van der Waals surface area contributed by atoms with Gasteiger partial charge in [0.15, 0.2) is 23.6 Å². The van der Waals surface area contributed by atoms with Gasteiger partial charge in [-0.25, -0.2) is 9.97 Å². The van der Waals surface area contributed by atoms with Crippen LogP contribution >= 0.6 is 0 Å². The highest BCUT2D eigenvalue weighted by Crippen LogP contribution is 2.14. The van der Waals surface area contributed by atoms with Crippen molar-refractivity contribution < 1.29 is 13.6 Å². The molecule has 1 N–H and O–H groups in total. The summed E-state index contributed by atoms with van der Waals surface area (Å²) >= 11 is 0. The van der Waals surface area contributed by atoms with Gasteiger partial charge in [0, 0.05) is 13.0 Å². The average Bonchev–Trinajstić information content (AvgIpc) is 3.04. The van der Waals surface area contributed by atoms with Crippen LogP contribution in [0.25, 0.3) is 11.1 Å². The predicted octanol–water partition coefficient (Wildman–Crippen LogP) is 2.10. The van der Waals surface area contributed by atoms with Gasteiger partial charge in [0.25, 0.3) is 5.91 Å². The summed E-state index contributed by atoms with van der Waals surface area (Å²) in [5.74, 6) is 0.847. The summed E-state index contributed by atoms with van der Waals surface area (Å²) < 4.78 is 10.6. The molecule has 1 aromatic carbocycles. The van der Waals surface area contributed by atoms with Crippen LogP contribution in [0.2, 0.25) is 0 Å².